The van der Waals surface area contributed by atoms with Gasteiger partial charge in [-0.3, -0.25) is 5.84 Å². The van der Waals surface area contributed by atoms with E-state index in [4.69, 9.17) is 33.5 Å². The molecule has 0 saturated carbocycles. The van der Waals surface area contributed by atoms with Crippen molar-refractivity contribution in [3.63, 3.8) is 0 Å². The van der Waals surface area contributed by atoms with E-state index >= 15 is 0 Å². The Hall–Kier alpha value is -0.790. The van der Waals surface area contributed by atoms with Crippen LogP contribution in [0.15, 0.2) is 46.9 Å². The first-order valence-electron chi connectivity index (χ1n) is 6.18. The van der Waals surface area contributed by atoms with Gasteiger partial charge in [-0.2, -0.15) is 0 Å². The Labute approximate surface area is 145 Å². The summed E-state index contributed by atoms with van der Waals surface area (Å²) in [5, 5.41) is 2.27. The van der Waals surface area contributed by atoms with Crippen LogP contribution < -0.4 is 11.3 Å². The number of fused-ring (bicyclic) bond motifs is 1. The smallest absolute Gasteiger partial charge is 0.134 e. The van der Waals surface area contributed by atoms with Crippen molar-refractivity contribution in [2.75, 3.05) is 0 Å². The van der Waals surface area contributed by atoms with Crippen LogP contribution in [0.3, 0.4) is 0 Å². The van der Waals surface area contributed by atoms with Gasteiger partial charge in [0.2, 0.25) is 0 Å². The number of rotatable bonds is 3. The fraction of sp³-hybridized carbons (Fsp3) is 0.0667. The molecular weight excluding hydrogens is 422 g/mol. The summed E-state index contributed by atoms with van der Waals surface area (Å²) >= 11 is 14.3. The summed E-state index contributed by atoms with van der Waals surface area (Å²) < 4.78 is 6.93. The Bertz CT molecular complexity index is 803. The van der Waals surface area contributed by atoms with Crippen molar-refractivity contribution >= 4 is 56.8 Å². The summed E-state index contributed by atoms with van der Waals surface area (Å²) in [5.41, 5.74) is 4.53. The SMILES string of the molecule is NNC(c1cc2cc(Cl)ccc2o1)c1cc(Cl)ccc1I. The first kappa shape index (κ1) is 15.1. The van der Waals surface area contributed by atoms with Gasteiger partial charge in [-0.15, -0.1) is 0 Å². The zero-order valence-corrected chi connectivity index (χ0v) is 14.4. The molecule has 0 amide bonds. The highest BCUT2D eigenvalue weighted by Gasteiger charge is 2.20. The van der Waals surface area contributed by atoms with Crippen LogP contribution in [0.5, 0.6) is 0 Å². The minimum absolute atomic E-state index is 0.276. The lowest BCUT2D eigenvalue weighted by atomic mass is 10.1. The van der Waals surface area contributed by atoms with Crippen LogP contribution in [-0.2, 0) is 0 Å². The van der Waals surface area contributed by atoms with Gasteiger partial charge in [0.25, 0.3) is 0 Å². The Balaban J connectivity index is 2.11. The van der Waals surface area contributed by atoms with Gasteiger partial charge < -0.3 is 4.42 Å². The maximum atomic E-state index is 6.08. The number of furan rings is 1. The lowest BCUT2D eigenvalue weighted by molar-refractivity contribution is 0.476. The molecule has 0 aliphatic heterocycles. The highest BCUT2D eigenvalue weighted by atomic mass is 127. The van der Waals surface area contributed by atoms with Crippen LogP contribution in [0.1, 0.15) is 17.4 Å². The number of hydrogen-bond donors (Lipinski definition) is 2. The van der Waals surface area contributed by atoms with Crippen molar-refractivity contribution in [2.45, 2.75) is 6.04 Å². The normalized spacial score (nSPS) is 12.8. The summed E-state index contributed by atoms with van der Waals surface area (Å²) in [4.78, 5) is 0. The quantitative estimate of drug-likeness (QED) is 0.351. The topological polar surface area (TPSA) is 51.2 Å². The molecule has 0 fully saturated rings. The molecule has 0 spiro atoms. The molecule has 1 unspecified atom stereocenters. The predicted molar refractivity (Wildman–Crippen MR) is 94.6 cm³/mol. The minimum Gasteiger partial charge on any atom is -0.459 e. The van der Waals surface area contributed by atoms with E-state index in [1.807, 2.05) is 36.4 Å². The molecular formula is C15H11Cl2IN2O. The van der Waals surface area contributed by atoms with Gasteiger partial charge >= 0.3 is 0 Å². The summed E-state index contributed by atoms with van der Waals surface area (Å²) in [6.45, 7) is 0. The van der Waals surface area contributed by atoms with E-state index in [9.17, 15) is 0 Å². The molecule has 21 heavy (non-hydrogen) atoms. The number of nitrogens with one attached hydrogen (secondary N) is 1. The molecule has 2 aromatic carbocycles. The maximum Gasteiger partial charge on any atom is 0.134 e. The van der Waals surface area contributed by atoms with Crippen LogP contribution in [0.4, 0.5) is 0 Å². The molecule has 1 atom stereocenters. The van der Waals surface area contributed by atoms with Gasteiger partial charge in [-0.25, -0.2) is 5.43 Å². The van der Waals surface area contributed by atoms with Crippen LogP contribution in [0.2, 0.25) is 10.0 Å². The summed E-state index contributed by atoms with van der Waals surface area (Å²) in [6.07, 6.45) is 0. The molecule has 0 bridgehead atoms. The molecule has 6 heteroatoms. The lowest BCUT2D eigenvalue weighted by Crippen LogP contribution is -2.29. The average Bonchev–Trinajstić information content (AvgIpc) is 2.86. The van der Waals surface area contributed by atoms with Gasteiger partial charge in [-0.05, 0) is 70.6 Å². The molecule has 1 heterocycles. The highest BCUT2D eigenvalue weighted by Crippen LogP contribution is 2.32. The van der Waals surface area contributed by atoms with Gasteiger partial charge in [0.05, 0.1) is 0 Å². The van der Waals surface area contributed by atoms with E-state index in [1.54, 1.807) is 6.07 Å². The Morgan fingerprint density at radius 2 is 1.76 bits per heavy atom. The van der Waals surface area contributed by atoms with Crippen molar-refractivity contribution in [2.24, 2.45) is 5.84 Å². The van der Waals surface area contributed by atoms with Crippen LogP contribution in [0.25, 0.3) is 11.0 Å². The van der Waals surface area contributed by atoms with Crippen LogP contribution in [-0.4, -0.2) is 0 Å². The summed E-state index contributed by atoms with van der Waals surface area (Å²) in [5.74, 6) is 6.44. The minimum atomic E-state index is -0.276. The summed E-state index contributed by atoms with van der Waals surface area (Å²) in [7, 11) is 0. The van der Waals surface area contributed by atoms with Gasteiger partial charge in [0.1, 0.15) is 17.4 Å². The van der Waals surface area contributed by atoms with Crippen LogP contribution >= 0.6 is 45.8 Å². The van der Waals surface area contributed by atoms with Crippen molar-refractivity contribution in [1.82, 2.24) is 5.43 Å². The first-order valence-corrected chi connectivity index (χ1v) is 8.02. The number of halogens is 3. The largest absolute Gasteiger partial charge is 0.459 e. The molecule has 0 aliphatic carbocycles. The second kappa shape index (κ2) is 6.14. The van der Waals surface area contributed by atoms with Crippen LogP contribution in [0, 0.1) is 3.57 Å². The number of hydrazine groups is 1. The Morgan fingerprint density at radius 1 is 1.05 bits per heavy atom. The highest BCUT2D eigenvalue weighted by molar-refractivity contribution is 14.1. The fourth-order valence-electron chi connectivity index (χ4n) is 2.24. The molecule has 3 nitrogen and oxygen atoms in total. The summed E-state index contributed by atoms with van der Waals surface area (Å²) in [6, 6.07) is 12.8. The average molecular weight is 433 g/mol. The zero-order valence-electron chi connectivity index (χ0n) is 10.7. The third-order valence-corrected chi connectivity index (χ3v) is 4.67. The monoisotopic (exact) mass is 432 g/mol. The predicted octanol–water partition coefficient (Wildman–Crippen LogP) is 4.90. The Morgan fingerprint density at radius 3 is 2.52 bits per heavy atom. The van der Waals surface area contributed by atoms with E-state index < -0.39 is 0 Å². The second-order valence-corrected chi connectivity index (χ2v) is 6.63. The van der Waals surface area contributed by atoms with E-state index in [2.05, 4.69) is 28.0 Å². The molecule has 108 valence electrons. The van der Waals surface area contributed by atoms with Crippen molar-refractivity contribution in [3.8, 4) is 0 Å². The van der Waals surface area contributed by atoms with Crippen molar-refractivity contribution in [3.05, 3.63) is 67.4 Å². The van der Waals surface area contributed by atoms with E-state index in [0.717, 1.165) is 25.9 Å². The third-order valence-electron chi connectivity index (χ3n) is 3.22. The molecule has 0 radical (unpaired) electrons. The standard InChI is InChI=1S/C15H11Cl2IN2O/c16-9-2-4-13-8(5-9)6-14(21-13)15(20-19)11-7-10(17)1-3-12(11)18/h1-7,15,20H,19H2. The van der Waals surface area contributed by atoms with Crippen molar-refractivity contribution < 1.29 is 4.42 Å². The fourth-order valence-corrected chi connectivity index (χ4v) is 3.25. The maximum absolute atomic E-state index is 6.08. The van der Waals surface area contributed by atoms with Gasteiger partial charge in [0, 0.05) is 19.0 Å². The van der Waals surface area contributed by atoms with Gasteiger partial charge in [-0.1, -0.05) is 23.2 Å². The number of hydrogen-bond acceptors (Lipinski definition) is 3. The molecule has 0 saturated heterocycles. The first-order chi connectivity index (χ1) is 10.1. The zero-order chi connectivity index (χ0) is 15.0. The van der Waals surface area contributed by atoms with E-state index in [1.165, 1.54) is 0 Å². The third kappa shape index (κ3) is 3.05. The van der Waals surface area contributed by atoms with E-state index in [-0.39, 0.29) is 6.04 Å². The molecule has 3 N–H and O–H groups in total. The second-order valence-electron chi connectivity index (χ2n) is 4.60. The molecule has 3 rings (SSSR count). The lowest BCUT2D eigenvalue weighted by Gasteiger charge is -2.15. The van der Waals surface area contributed by atoms with Gasteiger partial charge in [0.15, 0.2) is 0 Å². The number of nitrogens with two attached hydrogens (primary N) is 1. The Kier molecular flexibility index (Phi) is 4.42. The molecule has 0 aliphatic rings. The number of benzene rings is 2. The molecule has 1 aromatic heterocycles. The van der Waals surface area contributed by atoms with Crippen molar-refractivity contribution in [1.29, 1.82) is 0 Å². The van der Waals surface area contributed by atoms with E-state index in [0.29, 0.717) is 10.0 Å². The molecule has 3 aromatic rings.